The molecule has 0 N–H and O–H groups in total. The van der Waals surface area contributed by atoms with E-state index >= 15 is 0 Å². The van der Waals surface area contributed by atoms with E-state index in [0.29, 0.717) is 53.2 Å². The molecule has 2 aliphatic heterocycles. The summed E-state index contributed by atoms with van der Waals surface area (Å²) in [4.78, 5) is 47.6. The van der Waals surface area contributed by atoms with Gasteiger partial charge in [-0.15, -0.1) is 0 Å². The van der Waals surface area contributed by atoms with Gasteiger partial charge in [-0.3, -0.25) is 23.7 Å². The predicted octanol–water partition coefficient (Wildman–Crippen LogP) is 4.01. The fourth-order valence-electron chi connectivity index (χ4n) is 4.59. The molecule has 2 aliphatic rings. The molecule has 1 amide bonds. The van der Waals surface area contributed by atoms with Gasteiger partial charge in [-0.2, -0.15) is 0 Å². The number of ether oxygens (including phenoxy) is 1. The number of anilines is 1. The number of nitrogens with zero attached hydrogens (tertiary/aromatic N) is 4. The molecule has 0 bridgehead atoms. The largest absolute Gasteiger partial charge is 0.466 e. The number of piperidine rings is 1. The Hall–Kier alpha value is -3.57. The maximum Gasteiger partial charge on any atom is 0.309 e. The number of esters is 1. The van der Waals surface area contributed by atoms with Crippen LogP contribution in [0.5, 0.6) is 0 Å². The number of hydrogen-bond acceptors (Lipinski definition) is 8. The van der Waals surface area contributed by atoms with E-state index in [0.717, 1.165) is 17.3 Å². The van der Waals surface area contributed by atoms with Gasteiger partial charge in [0.05, 0.1) is 29.5 Å². The average molecular weight is 553 g/mol. The number of benzene rings is 1. The van der Waals surface area contributed by atoms with Gasteiger partial charge < -0.3 is 9.64 Å². The fraction of sp³-hybridized carbons (Fsp3) is 0.296. The van der Waals surface area contributed by atoms with Crippen LogP contribution in [0.3, 0.4) is 0 Å². The number of pyridine rings is 1. The number of carbonyl (C=O) groups is 2. The molecule has 0 saturated carbocycles. The molecule has 0 atom stereocenters. The van der Waals surface area contributed by atoms with E-state index in [4.69, 9.17) is 21.9 Å². The van der Waals surface area contributed by atoms with Crippen LogP contribution in [0.2, 0.25) is 0 Å². The lowest BCUT2D eigenvalue weighted by molar-refractivity contribution is -0.148. The molecule has 38 heavy (non-hydrogen) atoms. The van der Waals surface area contributed by atoms with Crippen LogP contribution in [-0.2, 0) is 20.9 Å². The Morgan fingerprint density at radius 1 is 1.18 bits per heavy atom. The molecule has 4 heterocycles. The van der Waals surface area contributed by atoms with Crippen LogP contribution in [0.1, 0.15) is 30.9 Å². The van der Waals surface area contributed by atoms with Crippen molar-refractivity contribution in [1.29, 1.82) is 0 Å². The summed E-state index contributed by atoms with van der Waals surface area (Å²) in [5.74, 6) is -0.619. The van der Waals surface area contributed by atoms with Gasteiger partial charge in [-0.25, -0.2) is 9.37 Å². The zero-order valence-corrected chi connectivity index (χ0v) is 22.3. The lowest BCUT2D eigenvalue weighted by Crippen LogP contribution is -2.39. The van der Waals surface area contributed by atoms with Gasteiger partial charge in [-0.1, -0.05) is 42.2 Å². The van der Waals surface area contributed by atoms with E-state index in [1.807, 2.05) is 4.90 Å². The zero-order valence-electron chi connectivity index (χ0n) is 20.6. The highest BCUT2D eigenvalue weighted by Crippen LogP contribution is 2.35. The Morgan fingerprint density at radius 3 is 2.63 bits per heavy atom. The van der Waals surface area contributed by atoms with E-state index in [-0.39, 0.29) is 41.3 Å². The van der Waals surface area contributed by atoms with Crippen LogP contribution in [-0.4, -0.2) is 50.2 Å². The molecule has 0 radical (unpaired) electrons. The van der Waals surface area contributed by atoms with Crippen molar-refractivity contribution in [3.8, 4) is 0 Å². The predicted molar refractivity (Wildman–Crippen MR) is 148 cm³/mol. The van der Waals surface area contributed by atoms with Crippen LogP contribution in [0, 0.1) is 11.7 Å². The molecule has 0 spiro atoms. The first-order valence-electron chi connectivity index (χ1n) is 12.3. The van der Waals surface area contributed by atoms with Crippen molar-refractivity contribution in [3.05, 3.63) is 80.9 Å². The monoisotopic (exact) mass is 552 g/mol. The standard InChI is InChI=1S/C27H25FN4O4S2/c1-2-36-26(35)18-10-13-30(14-11-18)23-20(24(33)31-12-4-3-5-22(31)29-23)15-21-25(34)32(27(37)38-21)16-17-6-8-19(28)9-7-17/h3-9,12,15,18H,2,10-11,13-14,16H2,1H3/b21-15-. The van der Waals surface area contributed by atoms with Crippen LogP contribution in [0.25, 0.3) is 11.7 Å². The second kappa shape index (κ2) is 11.0. The van der Waals surface area contributed by atoms with Crippen LogP contribution < -0.4 is 10.5 Å². The summed E-state index contributed by atoms with van der Waals surface area (Å²) in [6.07, 6.45) is 4.35. The Labute approximate surface area is 228 Å². The molecule has 8 nitrogen and oxygen atoms in total. The second-order valence-corrected chi connectivity index (χ2v) is 10.7. The van der Waals surface area contributed by atoms with Crippen LogP contribution >= 0.6 is 24.0 Å². The topological polar surface area (TPSA) is 84.2 Å². The lowest BCUT2D eigenvalue weighted by atomic mass is 9.96. The zero-order chi connectivity index (χ0) is 26.8. The minimum atomic E-state index is -0.359. The molecule has 0 unspecified atom stereocenters. The van der Waals surface area contributed by atoms with E-state index < -0.39 is 0 Å². The molecular formula is C27H25FN4O4S2. The van der Waals surface area contributed by atoms with Gasteiger partial charge in [0.25, 0.3) is 11.5 Å². The lowest BCUT2D eigenvalue weighted by Gasteiger charge is -2.32. The molecule has 3 aromatic rings. The number of thioether (sulfide) groups is 1. The van der Waals surface area contributed by atoms with Gasteiger partial charge in [0.15, 0.2) is 0 Å². The van der Waals surface area contributed by atoms with E-state index in [2.05, 4.69) is 0 Å². The van der Waals surface area contributed by atoms with Crippen LogP contribution in [0.15, 0.2) is 58.4 Å². The van der Waals surface area contributed by atoms with E-state index in [1.54, 1.807) is 49.5 Å². The number of hydrogen-bond donors (Lipinski definition) is 0. The third kappa shape index (κ3) is 5.21. The Bertz CT molecular complexity index is 1500. The number of aromatic nitrogens is 2. The molecule has 196 valence electrons. The highest BCUT2D eigenvalue weighted by Gasteiger charge is 2.34. The van der Waals surface area contributed by atoms with Gasteiger partial charge in [-0.05, 0) is 55.7 Å². The molecule has 1 aromatic carbocycles. The summed E-state index contributed by atoms with van der Waals surface area (Å²) in [5, 5.41) is 0. The fourth-order valence-corrected chi connectivity index (χ4v) is 5.82. The van der Waals surface area contributed by atoms with E-state index in [1.165, 1.54) is 21.4 Å². The first-order chi connectivity index (χ1) is 18.4. The van der Waals surface area contributed by atoms with Crippen molar-refractivity contribution in [2.75, 3.05) is 24.6 Å². The maximum atomic E-state index is 13.6. The Balaban J connectivity index is 1.48. The van der Waals surface area contributed by atoms with E-state index in [9.17, 15) is 18.8 Å². The van der Waals surface area contributed by atoms with Gasteiger partial charge in [0.1, 0.15) is 21.6 Å². The average Bonchev–Trinajstić information content (AvgIpc) is 3.19. The van der Waals surface area contributed by atoms with Crippen LogP contribution in [0.4, 0.5) is 10.2 Å². The second-order valence-electron chi connectivity index (χ2n) is 8.99. The van der Waals surface area contributed by atoms with Crippen molar-refractivity contribution in [1.82, 2.24) is 14.3 Å². The van der Waals surface area contributed by atoms with Crippen molar-refractivity contribution < 1.29 is 18.7 Å². The normalized spacial score (nSPS) is 17.6. The summed E-state index contributed by atoms with van der Waals surface area (Å²) in [6.45, 7) is 3.36. The Morgan fingerprint density at radius 2 is 1.92 bits per heavy atom. The molecule has 5 rings (SSSR count). The van der Waals surface area contributed by atoms with Crippen molar-refractivity contribution in [2.24, 2.45) is 5.92 Å². The highest BCUT2D eigenvalue weighted by atomic mass is 32.2. The number of fused-ring (bicyclic) bond motifs is 1. The minimum absolute atomic E-state index is 0.195. The summed E-state index contributed by atoms with van der Waals surface area (Å²) >= 11 is 6.58. The molecule has 2 saturated heterocycles. The number of thiocarbonyl (C=S) groups is 1. The van der Waals surface area contributed by atoms with Crippen molar-refractivity contribution >= 4 is 57.7 Å². The molecule has 11 heteroatoms. The molecule has 2 aromatic heterocycles. The Kier molecular flexibility index (Phi) is 7.57. The first-order valence-corrected chi connectivity index (χ1v) is 13.5. The SMILES string of the molecule is CCOC(=O)C1CCN(c2nc3ccccn3c(=O)c2/C=C2\SC(=S)N(Cc3ccc(F)cc3)C2=O)CC1. The number of halogens is 1. The minimum Gasteiger partial charge on any atom is -0.466 e. The smallest absolute Gasteiger partial charge is 0.309 e. The first kappa shape index (κ1) is 26.1. The summed E-state index contributed by atoms with van der Waals surface area (Å²) in [5.41, 5.74) is 1.20. The third-order valence-corrected chi connectivity index (χ3v) is 7.94. The van der Waals surface area contributed by atoms with Gasteiger partial charge >= 0.3 is 5.97 Å². The summed E-state index contributed by atoms with van der Waals surface area (Å²) in [6, 6.07) is 11.2. The van der Waals surface area contributed by atoms with Gasteiger partial charge in [0.2, 0.25) is 0 Å². The molecule has 0 aliphatic carbocycles. The highest BCUT2D eigenvalue weighted by molar-refractivity contribution is 8.26. The molecule has 2 fully saturated rings. The summed E-state index contributed by atoms with van der Waals surface area (Å²) in [7, 11) is 0. The number of rotatable bonds is 6. The quantitative estimate of drug-likeness (QED) is 0.258. The number of amides is 1. The van der Waals surface area contributed by atoms with Crippen molar-refractivity contribution in [2.45, 2.75) is 26.3 Å². The third-order valence-electron chi connectivity index (χ3n) is 6.57. The maximum absolute atomic E-state index is 13.6. The summed E-state index contributed by atoms with van der Waals surface area (Å²) < 4.78 is 20.3. The van der Waals surface area contributed by atoms with Gasteiger partial charge in [0, 0.05) is 19.3 Å². The molecular weight excluding hydrogens is 527 g/mol. The number of carbonyl (C=O) groups excluding carboxylic acids is 2. The van der Waals surface area contributed by atoms with Crippen molar-refractivity contribution in [3.63, 3.8) is 0 Å².